The summed E-state index contributed by atoms with van der Waals surface area (Å²) in [6.07, 6.45) is 5.33. The Bertz CT molecular complexity index is 224. The van der Waals surface area contributed by atoms with E-state index in [1.54, 1.807) is 0 Å². The second kappa shape index (κ2) is 5.67. The first-order valence-corrected chi connectivity index (χ1v) is 6.28. The van der Waals surface area contributed by atoms with E-state index in [2.05, 4.69) is 0 Å². The largest absolute Gasteiger partial charge is 0.460 e. The van der Waals surface area contributed by atoms with Crippen LogP contribution < -0.4 is 0 Å². The van der Waals surface area contributed by atoms with Crippen molar-refractivity contribution >= 4 is 5.97 Å². The molecule has 0 spiro atoms. The van der Waals surface area contributed by atoms with E-state index in [4.69, 9.17) is 4.74 Å². The van der Waals surface area contributed by atoms with Crippen molar-refractivity contribution in [2.24, 2.45) is 5.92 Å². The van der Waals surface area contributed by atoms with Crippen LogP contribution in [0.15, 0.2) is 0 Å². The average molecular weight is 228 g/mol. The number of ether oxygens (including phenoxy) is 1. The Kier molecular flexibility index (Phi) is 4.78. The SMILES string of the molecule is CC(C)(C)OC(=O)CC(O)C1CCCCC1. The van der Waals surface area contributed by atoms with E-state index in [0.29, 0.717) is 5.92 Å². The summed E-state index contributed by atoms with van der Waals surface area (Å²) in [6.45, 7) is 5.54. The Morgan fingerprint density at radius 1 is 1.31 bits per heavy atom. The summed E-state index contributed by atoms with van der Waals surface area (Å²) >= 11 is 0. The van der Waals surface area contributed by atoms with E-state index in [0.717, 1.165) is 12.8 Å². The number of aliphatic hydroxyl groups excluding tert-OH is 1. The van der Waals surface area contributed by atoms with Gasteiger partial charge in [0, 0.05) is 0 Å². The lowest BCUT2D eigenvalue weighted by molar-refractivity contribution is -0.158. The van der Waals surface area contributed by atoms with Crippen molar-refractivity contribution in [2.75, 3.05) is 0 Å². The van der Waals surface area contributed by atoms with Gasteiger partial charge in [-0.15, -0.1) is 0 Å². The molecule has 3 nitrogen and oxygen atoms in total. The molecule has 94 valence electrons. The lowest BCUT2D eigenvalue weighted by Crippen LogP contribution is -2.30. The molecular formula is C13H24O3. The fraction of sp³-hybridized carbons (Fsp3) is 0.923. The van der Waals surface area contributed by atoms with E-state index < -0.39 is 11.7 Å². The molecule has 0 heterocycles. The Morgan fingerprint density at radius 2 is 1.88 bits per heavy atom. The molecule has 1 unspecified atom stereocenters. The van der Waals surface area contributed by atoms with Crippen LogP contribution in [-0.2, 0) is 9.53 Å². The summed E-state index contributed by atoms with van der Waals surface area (Å²) in [7, 11) is 0. The molecule has 1 saturated carbocycles. The van der Waals surface area contributed by atoms with E-state index in [1.165, 1.54) is 19.3 Å². The highest BCUT2D eigenvalue weighted by Crippen LogP contribution is 2.28. The van der Waals surface area contributed by atoms with Gasteiger partial charge < -0.3 is 9.84 Å². The van der Waals surface area contributed by atoms with Crippen LogP contribution in [0.25, 0.3) is 0 Å². The summed E-state index contributed by atoms with van der Waals surface area (Å²) in [4.78, 5) is 11.5. The predicted molar refractivity (Wildman–Crippen MR) is 63.0 cm³/mol. The van der Waals surface area contributed by atoms with Crippen LogP contribution >= 0.6 is 0 Å². The molecule has 16 heavy (non-hydrogen) atoms. The molecule has 1 rings (SSSR count). The number of hydrogen-bond donors (Lipinski definition) is 1. The first kappa shape index (κ1) is 13.5. The van der Waals surface area contributed by atoms with Crippen molar-refractivity contribution < 1.29 is 14.6 Å². The first-order valence-electron chi connectivity index (χ1n) is 6.28. The van der Waals surface area contributed by atoms with Gasteiger partial charge in [-0.25, -0.2) is 0 Å². The van der Waals surface area contributed by atoms with Crippen molar-refractivity contribution in [3.8, 4) is 0 Å². The summed E-state index contributed by atoms with van der Waals surface area (Å²) in [5, 5.41) is 9.94. The number of carbonyl (C=O) groups is 1. The normalized spacial score (nSPS) is 20.5. The molecule has 0 saturated heterocycles. The van der Waals surface area contributed by atoms with Crippen LogP contribution in [0, 0.1) is 5.92 Å². The molecule has 3 heteroatoms. The van der Waals surface area contributed by atoms with Crippen molar-refractivity contribution in [1.82, 2.24) is 0 Å². The van der Waals surface area contributed by atoms with E-state index in [-0.39, 0.29) is 12.4 Å². The molecule has 0 aromatic carbocycles. The molecule has 0 aromatic rings. The summed E-state index contributed by atoms with van der Waals surface area (Å²) in [5.41, 5.74) is -0.455. The Balaban J connectivity index is 2.32. The summed E-state index contributed by atoms with van der Waals surface area (Å²) < 4.78 is 5.20. The maximum atomic E-state index is 11.5. The van der Waals surface area contributed by atoms with Gasteiger partial charge in [0.15, 0.2) is 0 Å². The van der Waals surface area contributed by atoms with Crippen molar-refractivity contribution in [3.05, 3.63) is 0 Å². The van der Waals surface area contributed by atoms with Crippen LogP contribution in [0.5, 0.6) is 0 Å². The van der Waals surface area contributed by atoms with Gasteiger partial charge in [0.1, 0.15) is 5.60 Å². The first-order chi connectivity index (χ1) is 7.38. The minimum atomic E-state index is -0.518. The number of hydrogen-bond acceptors (Lipinski definition) is 3. The molecule has 0 aliphatic heterocycles. The number of aliphatic hydroxyl groups is 1. The van der Waals surface area contributed by atoms with Crippen LogP contribution in [0.2, 0.25) is 0 Å². The molecule has 1 atom stereocenters. The highest BCUT2D eigenvalue weighted by atomic mass is 16.6. The van der Waals surface area contributed by atoms with Gasteiger partial charge in [0.25, 0.3) is 0 Å². The molecule has 0 radical (unpaired) electrons. The minimum absolute atomic E-state index is 0.141. The highest BCUT2D eigenvalue weighted by molar-refractivity contribution is 5.70. The number of carbonyl (C=O) groups excluding carboxylic acids is 1. The maximum Gasteiger partial charge on any atom is 0.308 e. The lowest BCUT2D eigenvalue weighted by Gasteiger charge is -2.27. The summed E-state index contributed by atoms with van der Waals surface area (Å²) in [5.74, 6) is 0.00634. The molecule has 1 N–H and O–H groups in total. The van der Waals surface area contributed by atoms with Gasteiger partial charge >= 0.3 is 5.97 Å². The van der Waals surface area contributed by atoms with Gasteiger partial charge in [0.05, 0.1) is 12.5 Å². The molecule has 1 fully saturated rings. The Morgan fingerprint density at radius 3 is 2.38 bits per heavy atom. The van der Waals surface area contributed by atoms with Gasteiger partial charge in [-0.05, 0) is 39.5 Å². The van der Waals surface area contributed by atoms with Gasteiger partial charge in [0.2, 0.25) is 0 Å². The predicted octanol–water partition coefficient (Wildman–Crippen LogP) is 2.66. The van der Waals surface area contributed by atoms with Crippen LogP contribution in [0.3, 0.4) is 0 Å². The van der Waals surface area contributed by atoms with E-state index >= 15 is 0 Å². The second-order valence-corrected chi connectivity index (χ2v) is 5.76. The molecule has 0 aromatic heterocycles. The van der Waals surface area contributed by atoms with Crippen LogP contribution in [0.1, 0.15) is 59.3 Å². The van der Waals surface area contributed by atoms with Gasteiger partial charge in [-0.2, -0.15) is 0 Å². The summed E-state index contributed by atoms with van der Waals surface area (Å²) in [6, 6.07) is 0. The van der Waals surface area contributed by atoms with E-state index in [1.807, 2.05) is 20.8 Å². The van der Waals surface area contributed by atoms with Crippen molar-refractivity contribution in [1.29, 1.82) is 0 Å². The fourth-order valence-corrected chi connectivity index (χ4v) is 2.24. The third-order valence-electron chi connectivity index (χ3n) is 2.99. The van der Waals surface area contributed by atoms with Crippen molar-refractivity contribution in [2.45, 2.75) is 71.0 Å². The molecule has 1 aliphatic rings. The van der Waals surface area contributed by atoms with Crippen molar-refractivity contribution in [3.63, 3.8) is 0 Å². The topological polar surface area (TPSA) is 46.5 Å². The molecular weight excluding hydrogens is 204 g/mol. The van der Waals surface area contributed by atoms with Gasteiger partial charge in [-0.1, -0.05) is 19.3 Å². The fourth-order valence-electron chi connectivity index (χ4n) is 2.24. The van der Waals surface area contributed by atoms with Crippen LogP contribution in [0.4, 0.5) is 0 Å². The monoisotopic (exact) mass is 228 g/mol. The zero-order valence-corrected chi connectivity index (χ0v) is 10.7. The third kappa shape index (κ3) is 4.97. The molecule has 0 bridgehead atoms. The minimum Gasteiger partial charge on any atom is -0.460 e. The molecule has 0 amide bonds. The zero-order chi connectivity index (χ0) is 12.2. The van der Waals surface area contributed by atoms with Crippen LogP contribution in [-0.4, -0.2) is 22.8 Å². The second-order valence-electron chi connectivity index (χ2n) is 5.76. The standard InChI is InChI=1S/C13H24O3/c1-13(2,3)16-12(15)9-11(14)10-7-5-4-6-8-10/h10-11,14H,4-9H2,1-3H3. The number of esters is 1. The number of rotatable bonds is 3. The molecule has 1 aliphatic carbocycles. The lowest BCUT2D eigenvalue weighted by atomic mass is 9.84. The maximum absolute atomic E-state index is 11.5. The van der Waals surface area contributed by atoms with E-state index in [9.17, 15) is 9.90 Å². The average Bonchev–Trinajstić information content (AvgIpc) is 2.16. The Labute approximate surface area is 98.2 Å². The zero-order valence-electron chi connectivity index (χ0n) is 10.7. The highest BCUT2D eigenvalue weighted by Gasteiger charge is 2.26. The Hall–Kier alpha value is -0.570. The third-order valence-corrected chi connectivity index (χ3v) is 2.99. The van der Waals surface area contributed by atoms with Gasteiger partial charge in [-0.3, -0.25) is 4.79 Å². The smallest absolute Gasteiger partial charge is 0.308 e. The quantitative estimate of drug-likeness (QED) is 0.755.